The normalized spacial score (nSPS) is 27.3. The number of nitrogens with zero attached hydrogens (tertiary/aromatic N) is 4. The van der Waals surface area contributed by atoms with Crippen LogP contribution in [0.3, 0.4) is 0 Å². The first kappa shape index (κ1) is 15.0. The number of aliphatic hydroxyl groups is 3. The number of carbonyl (C=O) groups is 1. The quantitative estimate of drug-likeness (QED) is 0.451. The van der Waals surface area contributed by atoms with E-state index in [1.54, 1.807) is 16.8 Å². The first-order valence-corrected chi connectivity index (χ1v) is 7.27. The van der Waals surface area contributed by atoms with Crippen LogP contribution in [0.2, 0.25) is 0 Å². The van der Waals surface area contributed by atoms with Crippen molar-refractivity contribution in [3.8, 4) is 0 Å². The van der Waals surface area contributed by atoms with Crippen LogP contribution in [-0.2, 0) is 4.74 Å². The van der Waals surface area contributed by atoms with E-state index in [1.165, 1.54) is 17.1 Å². The number of hydrogen-bond acceptors (Lipinski definition) is 7. The second-order valence-electron chi connectivity index (χ2n) is 5.64. The van der Waals surface area contributed by atoms with Gasteiger partial charge in [0.05, 0.1) is 17.6 Å². The summed E-state index contributed by atoms with van der Waals surface area (Å²) in [6.07, 6.45) is 1.65. The van der Waals surface area contributed by atoms with Crippen molar-refractivity contribution < 1.29 is 24.9 Å². The standard InChI is InChI=1S/C14H15N5O5/c15-11(23)6-3-19(14-10(22)9(21)7(4-20)24-14)13-8(6)12-16-1-2-18(12)5-17-13/h1-3,5,7,9-10,14,20-22H,4H2,(H2,15,23)/t7-,9+,10-,14-/m0/s1. The second-order valence-corrected chi connectivity index (χ2v) is 5.64. The maximum atomic E-state index is 11.8. The van der Waals surface area contributed by atoms with Gasteiger partial charge in [-0.3, -0.25) is 9.20 Å². The number of rotatable bonds is 3. The molecule has 1 aliphatic rings. The lowest BCUT2D eigenvalue weighted by atomic mass is 10.1. The van der Waals surface area contributed by atoms with Crippen LogP contribution in [0.15, 0.2) is 24.9 Å². The fraction of sp³-hybridized carbons (Fsp3) is 0.357. The number of aliphatic hydroxyl groups excluding tert-OH is 3. The first-order valence-electron chi connectivity index (χ1n) is 7.27. The molecule has 4 heterocycles. The molecule has 0 aliphatic carbocycles. The number of primary amides is 1. The Balaban J connectivity index is 1.95. The molecule has 3 aromatic rings. The molecule has 1 saturated heterocycles. The van der Waals surface area contributed by atoms with Crippen molar-refractivity contribution >= 4 is 22.6 Å². The molecule has 5 N–H and O–H groups in total. The minimum Gasteiger partial charge on any atom is -0.394 e. The molecular weight excluding hydrogens is 318 g/mol. The van der Waals surface area contributed by atoms with Crippen LogP contribution in [0.25, 0.3) is 16.7 Å². The molecule has 10 heteroatoms. The number of carbonyl (C=O) groups excluding carboxylic acids is 1. The minimum absolute atomic E-state index is 0.173. The number of nitrogens with two attached hydrogens (primary N) is 1. The molecule has 1 aliphatic heterocycles. The molecule has 0 bridgehead atoms. The minimum atomic E-state index is -1.30. The lowest BCUT2D eigenvalue weighted by molar-refractivity contribution is -0.0508. The summed E-state index contributed by atoms with van der Waals surface area (Å²) in [5.74, 6) is -0.677. The Labute approximate surface area is 134 Å². The van der Waals surface area contributed by atoms with Gasteiger partial charge in [-0.25, -0.2) is 9.97 Å². The number of imidazole rings is 1. The summed E-state index contributed by atoms with van der Waals surface area (Å²) in [5.41, 5.74) is 6.45. The average molecular weight is 333 g/mol. The Morgan fingerprint density at radius 2 is 2.08 bits per heavy atom. The summed E-state index contributed by atoms with van der Waals surface area (Å²) in [5, 5.41) is 29.8. The van der Waals surface area contributed by atoms with E-state index in [-0.39, 0.29) is 5.56 Å². The summed E-state index contributed by atoms with van der Waals surface area (Å²) in [6.45, 7) is -0.450. The van der Waals surface area contributed by atoms with Gasteiger partial charge in [-0.15, -0.1) is 0 Å². The lowest BCUT2D eigenvalue weighted by Gasteiger charge is -2.17. The highest BCUT2D eigenvalue weighted by atomic mass is 16.6. The molecule has 1 fully saturated rings. The van der Waals surface area contributed by atoms with Crippen LogP contribution in [0, 0.1) is 0 Å². The summed E-state index contributed by atoms with van der Waals surface area (Å²) in [6, 6.07) is 0. The molecule has 0 aromatic carbocycles. The van der Waals surface area contributed by atoms with Crippen LogP contribution in [0.1, 0.15) is 16.6 Å². The topological polar surface area (TPSA) is 148 Å². The maximum Gasteiger partial charge on any atom is 0.251 e. The number of aromatic nitrogens is 4. The molecule has 3 aromatic heterocycles. The molecule has 10 nitrogen and oxygen atoms in total. The monoisotopic (exact) mass is 333 g/mol. The van der Waals surface area contributed by atoms with Gasteiger partial charge in [0.1, 0.15) is 35.9 Å². The van der Waals surface area contributed by atoms with Crippen LogP contribution in [0.4, 0.5) is 0 Å². The predicted octanol–water partition coefficient (Wildman–Crippen LogP) is -1.61. The Bertz CT molecular complexity index is 934. The van der Waals surface area contributed by atoms with E-state index in [0.29, 0.717) is 16.7 Å². The average Bonchev–Trinajstić information content (AvgIpc) is 3.24. The van der Waals surface area contributed by atoms with E-state index in [9.17, 15) is 20.1 Å². The molecule has 24 heavy (non-hydrogen) atoms. The van der Waals surface area contributed by atoms with E-state index in [2.05, 4.69) is 9.97 Å². The second kappa shape index (κ2) is 5.24. The van der Waals surface area contributed by atoms with Gasteiger partial charge in [-0.05, 0) is 0 Å². The molecular formula is C14H15N5O5. The summed E-state index contributed by atoms with van der Waals surface area (Å²) in [4.78, 5) is 20.3. The molecule has 0 saturated carbocycles. The zero-order valence-corrected chi connectivity index (χ0v) is 12.4. The van der Waals surface area contributed by atoms with Crippen molar-refractivity contribution in [3.63, 3.8) is 0 Å². The Kier molecular flexibility index (Phi) is 3.28. The van der Waals surface area contributed by atoms with E-state index in [4.69, 9.17) is 10.5 Å². The highest BCUT2D eigenvalue weighted by Gasteiger charge is 2.44. The lowest BCUT2D eigenvalue weighted by Crippen LogP contribution is -2.33. The third-order valence-corrected chi connectivity index (χ3v) is 4.26. The molecule has 126 valence electrons. The Hall–Kier alpha value is -2.53. The van der Waals surface area contributed by atoms with Gasteiger partial charge in [0.25, 0.3) is 5.91 Å². The van der Waals surface area contributed by atoms with Crippen molar-refractivity contribution in [3.05, 3.63) is 30.5 Å². The van der Waals surface area contributed by atoms with Gasteiger partial charge in [0.2, 0.25) is 0 Å². The van der Waals surface area contributed by atoms with Gasteiger partial charge in [-0.2, -0.15) is 0 Å². The maximum absolute atomic E-state index is 11.8. The van der Waals surface area contributed by atoms with Gasteiger partial charge in [0, 0.05) is 18.6 Å². The van der Waals surface area contributed by atoms with E-state index >= 15 is 0 Å². The highest BCUT2D eigenvalue weighted by Crippen LogP contribution is 2.34. The van der Waals surface area contributed by atoms with E-state index in [1.807, 2.05) is 0 Å². The van der Waals surface area contributed by atoms with Crippen molar-refractivity contribution in [2.45, 2.75) is 24.5 Å². The predicted molar refractivity (Wildman–Crippen MR) is 80.0 cm³/mol. The van der Waals surface area contributed by atoms with Gasteiger partial charge < -0.3 is 30.4 Å². The molecule has 1 amide bonds. The highest BCUT2D eigenvalue weighted by molar-refractivity contribution is 6.10. The van der Waals surface area contributed by atoms with Gasteiger partial charge in [-0.1, -0.05) is 0 Å². The summed E-state index contributed by atoms with van der Waals surface area (Å²) < 4.78 is 8.57. The van der Waals surface area contributed by atoms with Crippen LogP contribution >= 0.6 is 0 Å². The van der Waals surface area contributed by atoms with Crippen molar-refractivity contribution in [2.24, 2.45) is 5.73 Å². The largest absolute Gasteiger partial charge is 0.394 e. The zero-order chi connectivity index (χ0) is 17.0. The van der Waals surface area contributed by atoms with Crippen molar-refractivity contribution in [1.29, 1.82) is 0 Å². The van der Waals surface area contributed by atoms with E-state index in [0.717, 1.165) is 0 Å². The molecule has 0 unspecified atom stereocenters. The number of amides is 1. The number of fused-ring (bicyclic) bond motifs is 3. The molecule has 0 spiro atoms. The third kappa shape index (κ3) is 1.94. The molecule has 0 radical (unpaired) electrons. The Morgan fingerprint density at radius 3 is 2.75 bits per heavy atom. The SMILES string of the molecule is NC(=O)c1cn([C@H]2O[C@@H](CO)[C@@H](O)[C@@H]2O)c2ncn3ccnc3c12. The first-order chi connectivity index (χ1) is 11.5. The third-order valence-electron chi connectivity index (χ3n) is 4.26. The van der Waals surface area contributed by atoms with Crippen LogP contribution in [0.5, 0.6) is 0 Å². The number of ether oxygens (including phenoxy) is 1. The summed E-state index contributed by atoms with van der Waals surface area (Å²) >= 11 is 0. The van der Waals surface area contributed by atoms with Gasteiger partial charge >= 0.3 is 0 Å². The Morgan fingerprint density at radius 1 is 1.29 bits per heavy atom. The van der Waals surface area contributed by atoms with E-state index < -0.39 is 37.1 Å². The number of hydrogen-bond donors (Lipinski definition) is 4. The van der Waals surface area contributed by atoms with Crippen molar-refractivity contribution in [1.82, 2.24) is 18.9 Å². The fourth-order valence-electron chi connectivity index (χ4n) is 3.07. The van der Waals surface area contributed by atoms with Gasteiger partial charge in [0.15, 0.2) is 6.23 Å². The van der Waals surface area contributed by atoms with Crippen LogP contribution < -0.4 is 5.73 Å². The summed E-state index contributed by atoms with van der Waals surface area (Å²) in [7, 11) is 0. The van der Waals surface area contributed by atoms with Crippen molar-refractivity contribution in [2.75, 3.05) is 6.61 Å². The van der Waals surface area contributed by atoms with Crippen LogP contribution in [-0.4, -0.2) is 65.1 Å². The fourth-order valence-corrected chi connectivity index (χ4v) is 3.07. The zero-order valence-electron chi connectivity index (χ0n) is 12.4. The smallest absolute Gasteiger partial charge is 0.251 e. The molecule has 4 rings (SSSR count). The molecule has 4 atom stereocenters.